The van der Waals surface area contributed by atoms with Crippen LogP contribution in [0.1, 0.15) is 19.3 Å². The lowest BCUT2D eigenvalue weighted by atomic mass is 10.1. The average molecular weight is 361 g/mol. The summed E-state index contributed by atoms with van der Waals surface area (Å²) in [5.74, 6) is 0.675. The maximum Gasteiger partial charge on any atom is 0.257 e. The minimum Gasteiger partial charge on any atom is -0.483 e. The Morgan fingerprint density at radius 1 is 1.20 bits per heavy atom. The second kappa shape index (κ2) is 8.21. The molecule has 2 amide bonds. The molecule has 0 aliphatic carbocycles. The number of rotatable bonds is 7. The Kier molecular flexibility index (Phi) is 5.76. The number of hydrogen-bond donors (Lipinski definition) is 1. The number of fused-ring (bicyclic) bond motifs is 1. The summed E-state index contributed by atoms with van der Waals surface area (Å²) in [6.07, 6.45) is 2.34. The Hall–Kier alpha value is -2.27. The van der Waals surface area contributed by atoms with Crippen LogP contribution in [0.3, 0.4) is 0 Å². The van der Waals surface area contributed by atoms with Crippen LogP contribution in [-0.4, -0.2) is 43.0 Å². The fourth-order valence-corrected chi connectivity index (χ4v) is 3.22. The molecule has 1 saturated heterocycles. The number of halogens is 1. The molecule has 1 N–H and O–H groups in total. The molecule has 1 fully saturated rings. The first-order valence-electron chi connectivity index (χ1n) is 8.49. The number of carbonyl (C=O) groups is 2. The highest BCUT2D eigenvalue weighted by Gasteiger charge is 2.19. The van der Waals surface area contributed by atoms with Crippen molar-refractivity contribution in [2.24, 2.45) is 0 Å². The standard InChI is InChI=1S/C19H21ClN2O3/c20-16-8-9-17(15-6-2-1-5-14(15)16)25-13-18(23)21-10-4-12-22-11-3-7-19(22)24/h1-2,5-6,8-9H,3-4,7,10-13H2,(H,21,23). The van der Waals surface area contributed by atoms with Crippen LogP contribution < -0.4 is 10.1 Å². The van der Waals surface area contributed by atoms with Crippen molar-refractivity contribution in [2.45, 2.75) is 19.3 Å². The fraction of sp³-hybridized carbons (Fsp3) is 0.368. The number of ether oxygens (including phenoxy) is 1. The molecule has 2 aromatic carbocycles. The predicted octanol–water partition coefficient (Wildman–Crippen LogP) is 3.00. The van der Waals surface area contributed by atoms with Crippen LogP contribution in [0.15, 0.2) is 36.4 Å². The number of carbonyl (C=O) groups excluding carboxylic acids is 2. The summed E-state index contributed by atoms with van der Waals surface area (Å²) < 4.78 is 5.65. The number of likely N-dealkylation sites (tertiary alicyclic amines) is 1. The van der Waals surface area contributed by atoms with Crippen LogP contribution in [-0.2, 0) is 9.59 Å². The quantitative estimate of drug-likeness (QED) is 0.772. The molecule has 1 aliphatic heterocycles. The van der Waals surface area contributed by atoms with Crippen molar-refractivity contribution < 1.29 is 14.3 Å². The Morgan fingerprint density at radius 2 is 2.00 bits per heavy atom. The molecule has 0 unspecified atom stereocenters. The molecule has 0 saturated carbocycles. The van der Waals surface area contributed by atoms with Crippen LogP contribution >= 0.6 is 11.6 Å². The van der Waals surface area contributed by atoms with Crippen molar-refractivity contribution in [3.63, 3.8) is 0 Å². The zero-order valence-electron chi connectivity index (χ0n) is 14.0. The van der Waals surface area contributed by atoms with E-state index in [0.29, 0.717) is 30.3 Å². The SMILES string of the molecule is O=C(COc1ccc(Cl)c2ccccc12)NCCCN1CCCC1=O. The van der Waals surface area contributed by atoms with Crippen LogP contribution in [0.4, 0.5) is 0 Å². The van der Waals surface area contributed by atoms with E-state index in [0.717, 1.165) is 30.2 Å². The molecule has 3 rings (SSSR count). The molecule has 0 atom stereocenters. The van der Waals surface area contributed by atoms with E-state index in [4.69, 9.17) is 16.3 Å². The van der Waals surface area contributed by atoms with Crippen molar-refractivity contribution in [3.05, 3.63) is 41.4 Å². The second-order valence-corrected chi connectivity index (χ2v) is 6.47. The predicted molar refractivity (Wildman–Crippen MR) is 97.9 cm³/mol. The summed E-state index contributed by atoms with van der Waals surface area (Å²) in [6, 6.07) is 11.2. The maximum absolute atomic E-state index is 11.9. The van der Waals surface area contributed by atoms with Gasteiger partial charge < -0.3 is 15.0 Å². The number of benzene rings is 2. The van der Waals surface area contributed by atoms with Crippen LogP contribution in [0, 0.1) is 0 Å². The average Bonchev–Trinajstić information content (AvgIpc) is 3.03. The number of amides is 2. The lowest BCUT2D eigenvalue weighted by molar-refractivity contribution is -0.127. The first kappa shape index (κ1) is 17.5. The molecule has 5 nitrogen and oxygen atoms in total. The second-order valence-electron chi connectivity index (χ2n) is 6.07. The molecule has 25 heavy (non-hydrogen) atoms. The molecule has 0 bridgehead atoms. The molecule has 132 valence electrons. The van der Waals surface area contributed by atoms with E-state index in [-0.39, 0.29) is 18.4 Å². The van der Waals surface area contributed by atoms with Gasteiger partial charge in [-0.1, -0.05) is 35.9 Å². The van der Waals surface area contributed by atoms with Gasteiger partial charge in [0.15, 0.2) is 6.61 Å². The Balaban J connectivity index is 1.45. The molecular weight excluding hydrogens is 340 g/mol. The summed E-state index contributed by atoms with van der Waals surface area (Å²) >= 11 is 6.18. The van der Waals surface area contributed by atoms with E-state index in [9.17, 15) is 9.59 Å². The van der Waals surface area contributed by atoms with Crippen molar-refractivity contribution in [3.8, 4) is 5.75 Å². The van der Waals surface area contributed by atoms with E-state index >= 15 is 0 Å². The minimum atomic E-state index is -0.174. The van der Waals surface area contributed by atoms with Gasteiger partial charge in [-0.25, -0.2) is 0 Å². The molecule has 0 aromatic heterocycles. The lowest BCUT2D eigenvalue weighted by Crippen LogP contribution is -2.33. The Labute approximate surface area is 151 Å². The van der Waals surface area contributed by atoms with Gasteiger partial charge in [0.05, 0.1) is 0 Å². The normalized spacial score (nSPS) is 14.1. The van der Waals surface area contributed by atoms with Crippen LogP contribution in [0.25, 0.3) is 10.8 Å². The van der Waals surface area contributed by atoms with E-state index in [2.05, 4.69) is 5.32 Å². The van der Waals surface area contributed by atoms with Gasteiger partial charge in [0.2, 0.25) is 5.91 Å². The van der Waals surface area contributed by atoms with Gasteiger partial charge in [0, 0.05) is 41.9 Å². The van der Waals surface area contributed by atoms with E-state index in [1.54, 1.807) is 12.1 Å². The van der Waals surface area contributed by atoms with Crippen molar-refractivity contribution in [1.29, 1.82) is 0 Å². The monoisotopic (exact) mass is 360 g/mol. The van der Waals surface area contributed by atoms with Crippen LogP contribution in [0.2, 0.25) is 5.02 Å². The molecule has 0 radical (unpaired) electrons. The van der Waals surface area contributed by atoms with Crippen molar-refractivity contribution in [1.82, 2.24) is 10.2 Å². The zero-order chi connectivity index (χ0) is 17.6. The van der Waals surface area contributed by atoms with E-state index < -0.39 is 0 Å². The molecule has 0 spiro atoms. The van der Waals surface area contributed by atoms with E-state index in [1.807, 2.05) is 29.2 Å². The molecule has 1 heterocycles. The number of hydrogen-bond acceptors (Lipinski definition) is 3. The third kappa shape index (κ3) is 4.42. The third-order valence-corrected chi connectivity index (χ3v) is 4.62. The van der Waals surface area contributed by atoms with Gasteiger partial charge in [-0.15, -0.1) is 0 Å². The third-order valence-electron chi connectivity index (χ3n) is 4.29. The Bertz CT molecular complexity index is 778. The molecule has 1 aliphatic rings. The lowest BCUT2D eigenvalue weighted by Gasteiger charge is -2.15. The highest BCUT2D eigenvalue weighted by atomic mass is 35.5. The maximum atomic E-state index is 11.9. The van der Waals surface area contributed by atoms with Crippen molar-refractivity contribution in [2.75, 3.05) is 26.2 Å². The Morgan fingerprint density at radius 3 is 2.76 bits per heavy atom. The summed E-state index contributed by atoms with van der Waals surface area (Å²) in [5, 5.41) is 5.26. The highest BCUT2D eigenvalue weighted by molar-refractivity contribution is 6.35. The summed E-state index contributed by atoms with van der Waals surface area (Å²) in [6.45, 7) is 2.02. The van der Waals surface area contributed by atoms with Crippen molar-refractivity contribution >= 4 is 34.2 Å². The molecular formula is C19H21ClN2O3. The highest BCUT2D eigenvalue weighted by Crippen LogP contribution is 2.31. The number of nitrogens with one attached hydrogen (secondary N) is 1. The molecule has 6 heteroatoms. The van der Waals surface area contributed by atoms with Crippen LogP contribution in [0.5, 0.6) is 5.75 Å². The largest absolute Gasteiger partial charge is 0.483 e. The van der Waals surface area contributed by atoms with E-state index in [1.165, 1.54) is 0 Å². The molecule has 2 aromatic rings. The van der Waals surface area contributed by atoms with Gasteiger partial charge in [0.25, 0.3) is 5.91 Å². The smallest absolute Gasteiger partial charge is 0.257 e. The summed E-state index contributed by atoms with van der Waals surface area (Å²) in [5.41, 5.74) is 0. The minimum absolute atomic E-state index is 0.0473. The first-order valence-corrected chi connectivity index (χ1v) is 8.87. The van der Waals surface area contributed by atoms with Gasteiger partial charge in [-0.05, 0) is 25.0 Å². The fourth-order valence-electron chi connectivity index (χ4n) is 2.99. The van der Waals surface area contributed by atoms with Gasteiger partial charge in [-0.2, -0.15) is 0 Å². The summed E-state index contributed by atoms with van der Waals surface area (Å²) in [4.78, 5) is 25.3. The topological polar surface area (TPSA) is 58.6 Å². The van der Waals surface area contributed by atoms with Gasteiger partial charge >= 0.3 is 0 Å². The number of nitrogens with zero attached hydrogens (tertiary/aromatic N) is 1. The zero-order valence-corrected chi connectivity index (χ0v) is 14.7. The van der Waals surface area contributed by atoms with Gasteiger partial charge in [-0.3, -0.25) is 9.59 Å². The summed E-state index contributed by atoms with van der Waals surface area (Å²) in [7, 11) is 0. The van der Waals surface area contributed by atoms with Gasteiger partial charge in [0.1, 0.15) is 5.75 Å². The first-order chi connectivity index (χ1) is 12.1.